The van der Waals surface area contributed by atoms with Gasteiger partial charge in [0.15, 0.2) is 0 Å². The second-order valence-electron chi connectivity index (χ2n) is 2.56. The lowest BCUT2D eigenvalue weighted by Gasteiger charge is -2.12. The van der Waals surface area contributed by atoms with Gasteiger partial charge in [-0.1, -0.05) is 0 Å². The highest BCUT2D eigenvalue weighted by molar-refractivity contribution is 7.80. The van der Waals surface area contributed by atoms with E-state index in [1.807, 2.05) is 0 Å². The fraction of sp³-hybridized carbons (Fsp3) is 0.125. The molecular formula is C8H8NO5S-. The maximum Gasteiger partial charge on any atom is 0.335 e. The van der Waals surface area contributed by atoms with Gasteiger partial charge in [0.05, 0.1) is 18.4 Å². The monoisotopic (exact) mass is 230 g/mol. The first-order chi connectivity index (χ1) is 7.04. The smallest absolute Gasteiger partial charge is 0.335 e. The van der Waals surface area contributed by atoms with Crippen molar-refractivity contribution in [2.75, 3.05) is 11.8 Å². The zero-order valence-corrected chi connectivity index (χ0v) is 8.54. The Balaban J connectivity index is 3.08. The van der Waals surface area contributed by atoms with Crippen LogP contribution in [0.5, 0.6) is 5.75 Å². The van der Waals surface area contributed by atoms with Crippen molar-refractivity contribution < 1.29 is 23.4 Å². The van der Waals surface area contributed by atoms with Crippen LogP contribution in [0.2, 0.25) is 0 Å². The molecule has 1 aromatic carbocycles. The number of nitrogens with one attached hydrogen (secondary N) is 1. The molecule has 1 atom stereocenters. The van der Waals surface area contributed by atoms with Gasteiger partial charge in [0.1, 0.15) is 5.75 Å². The van der Waals surface area contributed by atoms with Gasteiger partial charge in [0.25, 0.3) is 0 Å². The van der Waals surface area contributed by atoms with E-state index < -0.39 is 17.2 Å². The van der Waals surface area contributed by atoms with Gasteiger partial charge in [0, 0.05) is 11.3 Å². The van der Waals surface area contributed by atoms with E-state index in [2.05, 4.69) is 4.72 Å². The molecule has 0 fully saturated rings. The topological polar surface area (TPSA) is 98.7 Å². The summed E-state index contributed by atoms with van der Waals surface area (Å²) in [5.74, 6) is -0.956. The highest BCUT2D eigenvalue weighted by Crippen LogP contribution is 2.25. The molecule has 0 saturated heterocycles. The van der Waals surface area contributed by atoms with Crippen molar-refractivity contribution in [1.82, 2.24) is 0 Å². The number of rotatable bonds is 4. The van der Waals surface area contributed by atoms with Crippen LogP contribution >= 0.6 is 0 Å². The quantitative estimate of drug-likeness (QED) is 0.738. The molecule has 0 aliphatic heterocycles. The van der Waals surface area contributed by atoms with E-state index in [0.717, 1.165) is 0 Å². The molecule has 15 heavy (non-hydrogen) atoms. The third kappa shape index (κ3) is 2.93. The van der Waals surface area contributed by atoms with Crippen molar-refractivity contribution in [3.8, 4) is 5.75 Å². The van der Waals surface area contributed by atoms with E-state index in [0.29, 0.717) is 0 Å². The molecule has 0 radical (unpaired) electrons. The Kier molecular flexibility index (Phi) is 3.64. The average Bonchev–Trinajstić information content (AvgIpc) is 2.17. The molecule has 1 unspecified atom stereocenters. The van der Waals surface area contributed by atoms with Crippen molar-refractivity contribution in [1.29, 1.82) is 0 Å². The maximum absolute atomic E-state index is 10.6. The summed E-state index contributed by atoms with van der Waals surface area (Å²) in [5.41, 5.74) is 0.213. The summed E-state index contributed by atoms with van der Waals surface area (Å²) in [4.78, 5) is 10.6. The molecule has 2 N–H and O–H groups in total. The van der Waals surface area contributed by atoms with Gasteiger partial charge in [-0.25, -0.2) is 4.79 Å². The van der Waals surface area contributed by atoms with Crippen molar-refractivity contribution >= 4 is 22.9 Å². The van der Waals surface area contributed by atoms with Gasteiger partial charge in [-0.3, -0.25) is 4.21 Å². The largest absolute Gasteiger partial charge is 0.755 e. The molecule has 0 aliphatic carbocycles. The van der Waals surface area contributed by atoms with Crippen LogP contribution in [0.25, 0.3) is 0 Å². The Hall–Kier alpha value is -1.60. The van der Waals surface area contributed by atoms with E-state index in [1.54, 1.807) is 0 Å². The molecule has 1 rings (SSSR count). The molecule has 0 heterocycles. The van der Waals surface area contributed by atoms with Crippen LogP contribution < -0.4 is 9.46 Å². The van der Waals surface area contributed by atoms with Crippen LogP contribution in [-0.4, -0.2) is 26.9 Å². The molecule has 0 bridgehead atoms. The van der Waals surface area contributed by atoms with E-state index in [1.165, 1.54) is 25.3 Å². The van der Waals surface area contributed by atoms with Crippen LogP contribution in [0.3, 0.4) is 0 Å². The predicted molar refractivity (Wildman–Crippen MR) is 52.5 cm³/mol. The number of benzene rings is 1. The third-order valence-electron chi connectivity index (χ3n) is 1.64. The first kappa shape index (κ1) is 11.5. The van der Waals surface area contributed by atoms with Crippen molar-refractivity contribution in [2.24, 2.45) is 0 Å². The van der Waals surface area contributed by atoms with Crippen LogP contribution in [0.1, 0.15) is 10.4 Å². The summed E-state index contributed by atoms with van der Waals surface area (Å²) in [6.45, 7) is 0. The Labute approximate surface area is 88.3 Å². The van der Waals surface area contributed by atoms with Gasteiger partial charge < -0.3 is 19.1 Å². The Bertz CT molecular complexity index is 406. The molecule has 6 nitrogen and oxygen atoms in total. The number of methoxy groups -OCH3 is 1. The van der Waals surface area contributed by atoms with Crippen LogP contribution in [0, 0.1) is 0 Å². The fourth-order valence-corrected chi connectivity index (χ4v) is 1.35. The lowest BCUT2D eigenvalue weighted by molar-refractivity contribution is 0.0696. The summed E-state index contributed by atoms with van der Waals surface area (Å²) >= 11 is -2.47. The second-order valence-corrected chi connectivity index (χ2v) is 3.23. The Morgan fingerprint density at radius 2 is 2.27 bits per heavy atom. The molecule has 0 saturated carbocycles. The van der Waals surface area contributed by atoms with Gasteiger partial charge in [0.2, 0.25) is 0 Å². The Morgan fingerprint density at radius 1 is 1.60 bits per heavy atom. The number of ether oxygens (including phenoxy) is 1. The minimum absolute atomic E-state index is 0.0223. The van der Waals surface area contributed by atoms with Crippen molar-refractivity contribution in [3.05, 3.63) is 23.8 Å². The summed E-state index contributed by atoms with van der Waals surface area (Å²) < 4.78 is 27.7. The fourth-order valence-electron chi connectivity index (χ4n) is 0.998. The SMILES string of the molecule is COc1cc(C(=O)O)ccc1NS(=O)[O-]. The Morgan fingerprint density at radius 3 is 2.73 bits per heavy atom. The van der Waals surface area contributed by atoms with E-state index >= 15 is 0 Å². The summed E-state index contributed by atoms with van der Waals surface area (Å²) in [6.07, 6.45) is 0. The molecule has 0 amide bonds. The highest BCUT2D eigenvalue weighted by Gasteiger charge is 2.08. The van der Waals surface area contributed by atoms with E-state index in [4.69, 9.17) is 9.84 Å². The molecule has 0 spiro atoms. The van der Waals surface area contributed by atoms with Crippen LogP contribution in [0.4, 0.5) is 5.69 Å². The number of aromatic carboxylic acids is 1. The molecule has 7 heteroatoms. The van der Waals surface area contributed by atoms with Crippen LogP contribution in [0.15, 0.2) is 18.2 Å². The third-order valence-corrected chi connectivity index (χ3v) is 2.03. The van der Waals surface area contributed by atoms with Gasteiger partial charge >= 0.3 is 5.97 Å². The predicted octanol–water partition coefficient (Wildman–Crippen LogP) is 0.599. The van der Waals surface area contributed by atoms with Gasteiger partial charge in [-0.05, 0) is 18.2 Å². The standard InChI is InChI=1S/C8H9NO5S/c1-14-7-4-5(8(10)11)2-3-6(7)9-15(12)13/h2-4,9H,1H3,(H,10,11)(H,12,13)/p-1. The minimum Gasteiger partial charge on any atom is -0.755 e. The van der Waals surface area contributed by atoms with Gasteiger partial charge in [-0.15, -0.1) is 0 Å². The van der Waals surface area contributed by atoms with E-state index in [9.17, 15) is 13.6 Å². The average molecular weight is 230 g/mol. The number of carbonyl (C=O) groups is 1. The number of hydrogen-bond donors (Lipinski definition) is 2. The zero-order valence-electron chi connectivity index (χ0n) is 7.72. The normalized spacial score (nSPS) is 11.9. The second kappa shape index (κ2) is 4.76. The molecule has 82 valence electrons. The highest BCUT2D eigenvalue weighted by atomic mass is 32.2. The number of carboxylic acid groups (broad SMARTS) is 1. The van der Waals surface area contributed by atoms with E-state index in [-0.39, 0.29) is 17.0 Å². The molecule has 0 aliphatic rings. The summed E-state index contributed by atoms with van der Waals surface area (Å²) in [7, 11) is 1.32. The number of anilines is 1. The van der Waals surface area contributed by atoms with Crippen molar-refractivity contribution in [3.63, 3.8) is 0 Å². The van der Waals surface area contributed by atoms with Crippen LogP contribution in [-0.2, 0) is 11.3 Å². The van der Waals surface area contributed by atoms with Gasteiger partial charge in [-0.2, -0.15) is 0 Å². The first-order valence-corrected chi connectivity index (χ1v) is 4.89. The van der Waals surface area contributed by atoms with Crippen molar-refractivity contribution in [2.45, 2.75) is 0 Å². The molecular weight excluding hydrogens is 222 g/mol. The zero-order chi connectivity index (χ0) is 11.4. The first-order valence-electron chi connectivity index (χ1n) is 3.82. The summed E-state index contributed by atoms with van der Waals surface area (Å²) in [6, 6.07) is 3.83. The molecule has 0 aromatic heterocycles. The lowest BCUT2D eigenvalue weighted by atomic mass is 10.2. The summed E-state index contributed by atoms with van der Waals surface area (Å²) in [5, 5.41) is 8.68. The number of carboxylic acids is 1. The minimum atomic E-state index is -2.47. The lowest BCUT2D eigenvalue weighted by Crippen LogP contribution is -2.05. The maximum atomic E-state index is 10.6. The molecule has 1 aromatic rings. The number of hydrogen-bond acceptors (Lipinski definition) is 4.